The van der Waals surface area contributed by atoms with Gasteiger partial charge in [0.05, 0.1) is 11.6 Å². The predicted molar refractivity (Wildman–Crippen MR) is 131 cm³/mol. The molecule has 0 heterocycles. The maximum atomic E-state index is 14.1. The van der Waals surface area contributed by atoms with Crippen molar-refractivity contribution in [3.8, 4) is 0 Å². The van der Waals surface area contributed by atoms with E-state index >= 15 is 0 Å². The van der Waals surface area contributed by atoms with Crippen LogP contribution in [0.2, 0.25) is 0 Å². The minimum absolute atomic E-state index is 0.156. The summed E-state index contributed by atoms with van der Waals surface area (Å²) in [5.74, 6) is -1.85. The quantitative estimate of drug-likeness (QED) is 0.365. The van der Waals surface area contributed by atoms with Gasteiger partial charge in [0.25, 0.3) is 0 Å². The third-order valence-electron chi connectivity index (χ3n) is 6.57. The first-order chi connectivity index (χ1) is 16.2. The maximum Gasteiger partial charge on any atom is 0.180 e. The van der Waals surface area contributed by atoms with Crippen molar-refractivity contribution < 1.29 is 9.59 Å². The van der Waals surface area contributed by atoms with E-state index in [-0.39, 0.29) is 11.6 Å². The molecule has 1 fully saturated rings. The van der Waals surface area contributed by atoms with Crippen molar-refractivity contribution in [1.82, 2.24) is 0 Å². The van der Waals surface area contributed by atoms with Crippen LogP contribution in [0.3, 0.4) is 0 Å². The molecule has 0 N–H and O–H groups in total. The molecule has 1 atom stereocenters. The molecule has 0 amide bonds. The van der Waals surface area contributed by atoms with Crippen LogP contribution >= 0.6 is 0 Å². The Morgan fingerprint density at radius 1 is 0.697 bits per heavy atom. The summed E-state index contributed by atoms with van der Waals surface area (Å²) < 4.78 is 0. The summed E-state index contributed by atoms with van der Waals surface area (Å²) in [5, 5.41) is 9.11. The number of carbonyl (C=O) groups is 2. The normalized spacial score (nSPS) is 19.1. The average Bonchev–Trinajstić information content (AvgIpc) is 3.16. The Morgan fingerprint density at radius 2 is 1.24 bits per heavy atom. The van der Waals surface area contributed by atoms with E-state index in [1.54, 1.807) is 6.07 Å². The maximum absolute atomic E-state index is 14.1. The van der Waals surface area contributed by atoms with Crippen LogP contribution in [0.15, 0.2) is 95.1 Å². The first-order valence-electron chi connectivity index (χ1n) is 11.6. The summed E-state index contributed by atoms with van der Waals surface area (Å²) in [6, 6.07) is 26.7. The number of hydrogen-bond donors (Lipinski definition) is 0. The first-order valence-corrected chi connectivity index (χ1v) is 11.6. The molecule has 2 aliphatic rings. The zero-order valence-corrected chi connectivity index (χ0v) is 18.5. The Morgan fingerprint density at radius 3 is 1.85 bits per heavy atom. The molecule has 0 radical (unpaired) electrons. The molecule has 33 heavy (non-hydrogen) atoms. The second-order valence-corrected chi connectivity index (χ2v) is 8.71. The molecule has 4 nitrogen and oxygen atoms in total. The van der Waals surface area contributed by atoms with Crippen molar-refractivity contribution >= 4 is 23.0 Å². The van der Waals surface area contributed by atoms with Gasteiger partial charge in [0.2, 0.25) is 0 Å². The molecule has 0 aliphatic heterocycles. The highest BCUT2D eigenvalue weighted by molar-refractivity contribution is 6.38. The van der Waals surface area contributed by atoms with Crippen LogP contribution in [0.4, 0.5) is 0 Å². The molecule has 0 spiro atoms. The molecule has 3 aromatic carbocycles. The van der Waals surface area contributed by atoms with Crippen LogP contribution in [-0.4, -0.2) is 23.0 Å². The van der Waals surface area contributed by atoms with Crippen molar-refractivity contribution in [1.29, 1.82) is 0 Å². The summed E-state index contributed by atoms with van der Waals surface area (Å²) in [4.78, 5) is 27.7. The number of fused-ring (bicyclic) bond motifs is 1. The van der Waals surface area contributed by atoms with Crippen LogP contribution < -0.4 is 0 Å². The molecule has 0 aromatic heterocycles. The van der Waals surface area contributed by atoms with Crippen LogP contribution in [0, 0.1) is 5.92 Å². The van der Waals surface area contributed by atoms with E-state index < -0.39 is 11.8 Å². The predicted octanol–water partition coefficient (Wildman–Crippen LogP) is 6.01. The third kappa shape index (κ3) is 4.21. The zero-order valence-electron chi connectivity index (χ0n) is 18.5. The zero-order chi connectivity index (χ0) is 22.6. The lowest BCUT2D eigenvalue weighted by molar-refractivity contribution is -0.120. The van der Waals surface area contributed by atoms with Crippen molar-refractivity contribution in [3.63, 3.8) is 0 Å². The molecule has 1 saturated carbocycles. The highest BCUT2D eigenvalue weighted by atomic mass is 16.2. The second-order valence-electron chi connectivity index (χ2n) is 8.71. The third-order valence-corrected chi connectivity index (χ3v) is 6.57. The Bertz CT molecular complexity index is 1180. The van der Waals surface area contributed by atoms with Crippen LogP contribution in [0.25, 0.3) is 0 Å². The molecule has 1 unspecified atom stereocenters. The van der Waals surface area contributed by atoms with Crippen molar-refractivity contribution in [2.24, 2.45) is 16.1 Å². The van der Waals surface area contributed by atoms with Gasteiger partial charge in [-0.3, -0.25) is 9.59 Å². The number of rotatable bonds is 5. The van der Waals surface area contributed by atoms with E-state index in [1.165, 1.54) is 6.42 Å². The van der Waals surface area contributed by atoms with Gasteiger partial charge in [-0.25, -0.2) is 0 Å². The van der Waals surface area contributed by atoms with Gasteiger partial charge in [-0.1, -0.05) is 91.3 Å². The van der Waals surface area contributed by atoms with Gasteiger partial charge in [-0.05, 0) is 36.8 Å². The monoisotopic (exact) mass is 434 g/mol. The lowest BCUT2D eigenvalue weighted by Crippen LogP contribution is -2.31. The number of ketones is 2. The van der Waals surface area contributed by atoms with E-state index in [9.17, 15) is 9.59 Å². The number of nitrogens with zero attached hydrogens (tertiary/aromatic N) is 2. The van der Waals surface area contributed by atoms with E-state index in [0.717, 1.165) is 48.1 Å². The molecular weight excluding hydrogens is 408 g/mol. The lowest BCUT2D eigenvalue weighted by atomic mass is 9.80. The minimum atomic E-state index is -0.958. The van der Waals surface area contributed by atoms with Gasteiger partial charge in [0, 0.05) is 16.8 Å². The summed E-state index contributed by atoms with van der Waals surface area (Å²) in [6.07, 6.45) is 5.31. The number of hydrogen-bond acceptors (Lipinski definition) is 4. The van der Waals surface area contributed by atoms with Crippen molar-refractivity contribution in [2.45, 2.75) is 38.0 Å². The van der Waals surface area contributed by atoms with E-state index in [4.69, 9.17) is 0 Å². The number of Topliss-reactive ketones (excluding diaryl/α,β-unsaturated/α-hetero) is 2. The van der Waals surface area contributed by atoms with Gasteiger partial charge < -0.3 is 0 Å². The highest BCUT2D eigenvalue weighted by Gasteiger charge is 2.44. The standard InChI is InChI=1S/C29H26N2O2/c32-28-24-19-11-10-18-23(24)27(31-30-22-16-8-3-9-17-22)26(28)29(33)25(20-12-4-1-5-13-20)21-14-6-2-7-15-21/h1-2,4-7,10-15,18-19,25-26H,3,8-9,16-17H2/b31-27-. The molecule has 3 aromatic rings. The van der Waals surface area contributed by atoms with Gasteiger partial charge in [-0.15, -0.1) is 0 Å². The topological polar surface area (TPSA) is 58.9 Å². The van der Waals surface area contributed by atoms with E-state index in [0.29, 0.717) is 11.3 Å². The molecule has 2 aliphatic carbocycles. The summed E-state index contributed by atoms with van der Waals surface area (Å²) >= 11 is 0. The molecule has 0 saturated heterocycles. The summed E-state index contributed by atoms with van der Waals surface area (Å²) in [7, 11) is 0. The fourth-order valence-corrected chi connectivity index (χ4v) is 4.90. The average molecular weight is 435 g/mol. The second kappa shape index (κ2) is 9.45. The Hall–Kier alpha value is -3.66. The molecule has 0 bridgehead atoms. The fraction of sp³-hybridized carbons (Fsp3) is 0.241. The van der Waals surface area contributed by atoms with Crippen LogP contribution in [0.5, 0.6) is 0 Å². The first kappa shape index (κ1) is 21.2. The smallest absolute Gasteiger partial charge is 0.180 e. The Balaban J connectivity index is 1.60. The fourth-order valence-electron chi connectivity index (χ4n) is 4.90. The van der Waals surface area contributed by atoms with Crippen LogP contribution in [-0.2, 0) is 4.79 Å². The van der Waals surface area contributed by atoms with Crippen molar-refractivity contribution in [2.75, 3.05) is 0 Å². The molecule has 164 valence electrons. The Labute approximate surface area is 194 Å². The molecule has 5 rings (SSSR count). The largest absolute Gasteiger partial charge is 0.297 e. The van der Waals surface area contributed by atoms with Gasteiger partial charge in [0.1, 0.15) is 5.92 Å². The van der Waals surface area contributed by atoms with E-state index in [1.807, 2.05) is 78.9 Å². The lowest BCUT2D eigenvalue weighted by Gasteiger charge is -2.20. The van der Waals surface area contributed by atoms with Gasteiger partial charge in [-0.2, -0.15) is 10.2 Å². The van der Waals surface area contributed by atoms with Crippen LogP contribution in [0.1, 0.15) is 65.1 Å². The van der Waals surface area contributed by atoms with Gasteiger partial charge >= 0.3 is 0 Å². The summed E-state index contributed by atoms with van der Waals surface area (Å²) in [5.41, 5.74) is 4.56. The van der Waals surface area contributed by atoms with Crippen molar-refractivity contribution in [3.05, 3.63) is 107 Å². The van der Waals surface area contributed by atoms with E-state index in [2.05, 4.69) is 10.2 Å². The molecule has 4 heteroatoms. The Kier molecular flexibility index (Phi) is 6.07. The number of carbonyl (C=O) groups excluding carboxylic acids is 2. The summed E-state index contributed by atoms with van der Waals surface area (Å²) in [6.45, 7) is 0. The number of benzene rings is 3. The SMILES string of the molecule is O=C1c2ccccc2/C(=N/N=C2CCCCC2)C1C(=O)C(c1ccccc1)c1ccccc1. The van der Waals surface area contributed by atoms with Gasteiger partial charge in [0.15, 0.2) is 11.6 Å². The highest BCUT2D eigenvalue weighted by Crippen LogP contribution is 2.35. The minimum Gasteiger partial charge on any atom is -0.297 e. The molecular formula is C29H26N2O2.